The van der Waals surface area contributed by atoms with Gasteiger partial charge in [0.05, 0.1) is 18.0 Å². The van der Waals surface area contributed by atoms with Crippen LogP contribution in [0.4, 0.5) is 4.39 Å². The lowest BCUT2D eigenvalue weighted by Gasteiger charge is -2.33. The normalized spacial score (nSPS) is 15.9. The third-order valence-electron chi connectivity index (χ3n) is 5.25. The molecule has 0 spiro atoms. The van der Waals surface area contributed by atoms with Gasteiger partial charge in [-0.25, -0.2) is 9.37 Å². The van der Waals surface area contributed by atoms with Crippen molar-refractivity contribution in [1.29, 1.82) is 0 Å². The molecule has 1 aliphatic heterocycles. The van der Waals surface area contributed by atoms with Crippen molar-refractivity contribution < 1.29 is 13.6 Å². The van der Waals surface area contributed by atoms with Gasteiger partial charge in [-0.05, 0) is 69.3 Å². The van der Waals surface area contributed by atoms with Gasteiger partial charge in [0.15, 0.2) is 0 Å². The minimum absolute atomic E-state index is 0.0269. The monoisotopic (exact) mass is 413 g/mol. The van der Waals surface area contributed by atoms with Crippen LogP contribution in [0.15, 0.2) is 47.1 Å². The number of hydrogen-bond acceptors (Lipinski definition) is 5. The Morgan fingerprint density at radius 3 is 2.69 bits per heavy atom. The summed E-state index contributed by atoms with van der Waals surface area (Å²) < 4.78 is 18.8. The Labute approximate surface area is 173 Å². The highest BCUT2D eigenvalue weighted by Crippen LogP contribution is 2.29. The third-order valence-corrected chi connectivity index (χ3v) is 6.46. The number of hydrogen-bond donors (Lipinski definition) is 1. The van der Waals surface area contributed by atoms with Gasteiger partial charge in [0, 0.05) is 12.1 Å². The van der Waals surface area contributed by atoms with Crippen LogP contribution in [-0.4, -0.2) is 35.4 Å². The summed E-state index contributed by atoms with van der Waals surface area (Å²) in [7, 11) is 0. The van der Waals surface area contributed by atoms with E-state index in [2.05, 4.69) is 15.2 Å². The Morgan fingerprint density at radius 1 is 1.24 bits per heavy atom. The number of aryl methyl sites for hydroxylation is 1. The van der Waals surface area contributed by atoms with Gasteiger partial charge >= 0.3 is 0 Å². The number of nitrogens with zero attached hydrogens (tertiary/aromatic N) is 2. The van der Waals surface area contributed by atoms with Crippen LogP contribution < -0.4 is 5.32 Å². The number of nitrogens with one attached hydrogen (secondary N) is 1. The van der Waals surface area contributed by atoms with Crippen LogP contribution in [0.25, 0.3) is 10.6 Å². The predicted molar refractivity (Wildman–Crippen MR) is 111 cm³/mol. The molecule has 1 aliphatic rings. The van der Waals surface area contributed by atoms with Crippen LogP contribution in [0, 0.1) is 12.7 Å². The molecule has 1 aromatic carbocycles. The van der Waals surface area contributed by atoms with Gasteiger partial charge in [0.2, 0.25) is 0 Å². The Hall–Kier alpha value is -2.51. The summed E-state index contributed by atoms with van der Waals surface area (Å²) in [6.07, 6.45) is 5.26. The Bertz CT molecular complexity index is 947. The average molecular weight is 414 g/mol. The van der Waals surface area contributed by atoms with Crippen molar-refractivity contribution >= 4 is 17.2 Å². The van der Waals surface area contributed by atoms with E-state index in [4.69, 9.17) is 4.42 Å². The van der Waals surface area contributed by atoms with Crippen molar-refractivity contribution in [3.05, 3.63) is 64.8 Å². The van der Waals surface area contributed by atoms with E-state index in [0.717, 1.165) is 24.4 Å². The highest BCUT2D eigenvalue weighted by Gasteiger charge is 2.26. The summed E-state index contributed by atoms with van der Waals surface area (Å²) in [5, 5.41) is 3.78. The molecule has 3 aromatic rings. The summed E-state index contributed by atoms with van der Waals surface area (Å²) in [5.74, 6) is 0.448. The molecule has 1 atom stereocenters. The maximum atomic E-state index is 13.2. The molecule has 0 radical (unpaired) electrons. The van der Waals surface area contributed by atoms with E-state index in [1.165, 1.54) is 42.7 Å². The second kappa shape index (κ2) is 8.88. The van der Waals surface area contributed by atoms with E-state index in [0.29, 0.717) is 22.1 Å². The molecule has 0 aliphatic carbocycles. The van der Waals surface area contributed by atoms with Gasteiger partial charge in [0.1, 0.15) is 21.5 Å². The van der Waals surface area contributed by atoms with E-state index >= 15 is 0 Å². The average Bonchev–Trinajstić information content (AvgIpc) is 3.40. The van der Waals surface area contributed by atoms with Gasteiger partial charge in [-0.2, -0.15) is 0 Å². The van der Waals surface area contributed by atoms with E-state index in [9.17, 15) is 9.18 Å². The lowest BCUT2D eigenvalue weighted by atomic mass is 10.1. The molecule has 3 heterocycles. The highest BCUT2D eigenvalue weighted by atomic mass is 32.1. The molecular formula is C22H24FN3O2S. The Balaban J connectivity index is 1.47. The molecule has 1 amide bonds. The number of benzene rings is 1. The second-order valence-corrected chi connectivity index (χ2v) is 8.28. The summed E-state index contributed by atoms with van der Waals surface area (Å²) in [6.45, 7) is 4.33. The zero-order valence-electron chi connectivity index (χ0n) is 16.4. The number of carbonyl (C=O) groups is 1. The summed E-state index contributed by atoms with van der Waals surface area (Å²) >= 11 is 1.33. The fourth-order valence-corrected chi connectivity index (χ4v) is 4.70. The van der Waals surface area contributed by atoms with E-state index in [1.807, 2.05) is 19.1 Å². The van der Waals surface area contributed by atoms with Gasteiger partial charge < -0.3 is 9.73 Å². The van der Waals surface area contributed by atoms with Gasteiger partial charge in [-0.3, -0.25) is 9.69 Å². The molecule has 0 saturated carbocycles. The number of furan rings is 1. The summed E-state index contributed by atoms with van der Waals surface area (Å²) in [5.41, 5.74) is 1.49. The SMILES string of the molecule is Cc1nc(-c2ccc(F)cc2)sc1C(=O)NCC(c1ccco1)N1CCCCC1. The number of amides is 1. The first-order valence-electron chi connectivity index (χ1n) is 9.91. The Morgan fingerprint density at radius 2 is 2.00 bits per heavy atom. The topological polar surface area (TPSA) is 58.4 Å². The molecule has 0 bridgehead atoms. The van der Waals surface area contributed by atoms with Crippen molar-refractivity contribution in [3.8, 4) is 10.6 Å². The maximum absolute atomic E-state index is 13.2. The largest absolute Gasteiger partial charge is 0.468 e. The van der Waals surface area contributed by atoms with Crippen LogP contribution in [0.3, 0.4) is 0 Å². The summed E-state index contributed by atoms with van der Waals surface area (Å²) in [4.78, 5) is 20.3. The highest BCUT2D eigenvalue weighted by molar-refractivity contribution is 7.17. The van der Waals surface area contributed by atoms with E-state index < -0.39 is 0 Å². The molecule has 1 unspecified atom stereocenters. The Kier molecular flexibility index (Phi) is 6.06. The van der Waals surface area contributed by atoms with Crippen molar-refractivity contribution in [2.24, 2.45) is 0 Å². The molecular weight excluding hydrogens is 389 g/mol. The molecule has 29 heavy (non-hydrogen) atoms. The lowest BCUT2D eigenvalue weighted by Crippen LogP contribution is -2.40. The molecule has 152 valence electrons. The van der Waals surface area contributed by atoms with E-state index in [1.54, 1.807) is 18.4 Å². The van der Waals surface area contributed by atoms with Gasteiger partial charge in [-0.15, -0.1) is 11.3 Å². The number of carbonyl (C=O) groups excluding carboxylic acids is 1. The second-order valence-electron chi connectivity index (χ2n) is 7.28. The number of halogens is 1. The van der Waals surface area contributed by atoms with Crippen LogP contribution in [-0.2, 0) is 0 Å². The van der Waals surface area contributed by atoms with Crippen molar-refractivity contribution in [2.75, 3.05) is 19.6 Å². The fourth-order valence-electron chi connectivity index (χ4n) is 3.71. The van der Waals surface area contributed by atoms with Crippen LogP contribution >= 0.6 is 11.3 Å². The van der Waals surface area contributed by atoms with Gasteiger partial charge in [-0.1, -0.05) is 6.42 Å². The molecule has 1 fully saturated rings. The smallest absolute Gasteiger partial charge is 0.263 e. The van der Waals surface area contributed by atoms with E-state index in [-0.39, 0.29) is 17.8 Å². The van der Waals surface area contributed by atoms with Crippen molar-refractivity contribution in [2.45, 2.75) is 32.2 Å². The standard InChI is InChI=1S/C22H24FN3O2S/c1-15-20(29-22(25-15)16-7-9-17(23)10-8-16)21(27)24-14-18(19-6-5-13-28-19)26-11-3-2-4-12-26/h5-10,13,18H,2-4,11-12,14H2,1H3,(H,24,27). The van der Waals surface area contributed by atoms with Crippen LogP contribution in [0.2, 0.25) is 0 Å². The van der Waals surface area contributed by atoms with Gasteiger partial charge in [0.25, 0.3) is 5.91 Å². The number of piperidine rings is 1. The first-order valence-corrected chi connectivity index (χ1v) is 10.7. The summed E-state index contributed by atoms with van der Waals surface area (Å²) in [6, 6.07) is 10.0. The maximum Gasteiger partial charge on any atom is 0.263 e. The number of rotatable bonds is 6. The fraction of sp³-hybridized carbons (Fsp3) is 0.364. The molecule has 2 aromatic heterocycles. The minimum atomic E-state index is -0.290. The van der Waals surface area contributed by atoms with Crippen molar-refractivity contribution in [1.82, 2.24) is 15.2 Å². The quantitative estimate of drug-likeness (QED) is 0.630. The lowest BCUT2D eigenvalue weighted by molar-refractivity contribution is 0.0917. The molecule has 7 heteroatoms. The number of thiazole rings is 1. The first kappa shape index (κ1) is 19.8. The number of likely N-dealkylation sites (tertiary alicyclic amines) is 1. The van der Waals surface area contributed by atoms with Crippen LogP contribution in [0.1, 0.15) is 46.4 Å². The first-order chi connectivity index (χ1) is 14.1. The zero-order valence-corrected chi connectivity index (χ0v) is 17.2. The van der Waals surface area contributed by atoms with Crippen LogP contribution in [0.5, 0.6) is 0 Å². The molecule has 1 saturated heterocycles. The third kappa shape index (κ3) is 4.57. The zero-order chi connectivity index (χ0) is 20.2. The predicted octanol–water partition coefficient (Wildman–Crippen LogP) is 4.81. The number of aromatic nitrogens is 1. The molecule has 5 nitrogen and oxygen atoms in total. The minimum Gasteiger partial charge on any atom is -0.468 e. The molecule has 4 rings (SSSR count). The molecule has 1 N–H and O–H groups in total. The van der Waals surface area contributed by atoms with Crippen molar-refractivity contribution in [3.63, 3.8) is 0 Å².